The monoisotopic (exact) mass is 1070 g/mol. The Morgan fingerprint density at radius 2 is 1.45 bits per heavy atom. The van der Waals surface area contributed by atoms with Crippen LogP contribution in [-0.2, 0) is 53.8 Å². The number of methoxy groups -OCH3 is 1. The lowest BCUT2D eigenvalue weighted by Gasteiger charge is -2.47. The highest BCUT2D eigenvalue weighted by molar-refractivity contribution is 6.77. The number of alkyl carbamates (subject to hydrolysis) is 1. The van der Waals surface area contributed by atoms with E-state index in [1.165, 1.54) is 37.8 Å². The van der Waals surface area contributed by atoms with Crippen molar-refractivity contribution < 1.29 is 62.0 Å². The van der Waals surface area contributed by atoms with E-state index < -0.39 is 122 Å². The van der Waals surface area contributed by atoms with Crippen LogP contribution in [0.2, 0.25) is 16.6 Å². The fraction of sp³-hybridized carbons (Fsp3) is 0.768. The molecule has 5 amide bonds. The van der Waals surface area contributed by atoms with Crippen LogP contribution in [0.3, 0.4) is 0 Å². The molecule has 0 bridgehead atoms. The summed E-state index contributed by atoms with van der Waals surface area (Å²) in [4.78, 5) is 105. The highest BCUT2D eigenvalue weighted by atomic mass is 28.4. The number of nitrogens with one attached hydrogen (secondary N) is 3. The minimum absolute atomic E-state index is 0.0448. The molecule has 1 aromatic carbocycles. The first-order chi connectivity index (χ1) is 34.8. The standard InChI is InChI=1S/C56H95N5O13Si/c1-20-36(12)46-44(74-75(33(6)7,34(8)9)35(10)11)30-45(62)72-49(32(4)5)48(63)37(13)50(64)57-41(28-31(2)3)52(66)61-27-21-22-42(61)53(67)60(18)43(29-39-23-25-40(70-19)26-24-39)54(68)71-38(14)47(51(65)58-46)59-55(69)73-56(15,16)17/h23-26,31-38,41-44,46-49,63H,20-22,27-30H2,1-19H3,(H,57,64)(H,58,65)(H,59,69)/t36-,37-,38+,41-,42-,43-,44-,46+,47-,48-,49-/m0/s1. The van der Waals surface area contributed by atoms with Gasteiger partial charge in [-0.3, -0.25) is 24.0 Å². The molecular formula is C56H95N5O13Si. The fourth-order valence-electron chi connectivity index (χ4n) is 10.8. The maximum Gasteiger partial charge on any atom is 0.408 e. The van der Waals surface area contributed by atoms with Crippen molar-refractivity contribution in [3.63, 3.8) is 0 Å². The number of amides is 5. The average Bonchev–Trinajstić information content (AvgIpc) is 3.81. The summed E-state index contributed by atoms with van der Waals surface area (Å²) >= 11 is 0. The Balaban J connectivity index is 2.39. The molecule has 75 heavy (non-hydrogen) atoms. The molecule has 2 saturated heterocycles. The molecule has 2 aliphatic rings. The van der Waals surface area contributed by atoms with Gasteiger partial charge in [-0.25, -0.2) is 9.59 Å². The molecule has 0 unspecified atom stereocenters. The Labute approximate surface area is 449 Å². The van der Waals surface area contributed by atoms with E-state index in [0.29, 0.717) is 24.2 Å². The van der Waals surface area contributed by atoms with E-state index in [9.17, 15) is 33.9 Å². The van der Waals surface area contributed by atoms with Crippen LogP contribution in [-0.4, -0.2) is 146 Å². The summed E-state index contributed by atoms with van der Waals surface area (Å²) in [5.74, 6) is -5.59. The molecule has 0 saturated carbocycles. The summed E-state index contributed by atoms with van der Waals surface area (Å²) in [7, 11) is 0.118. The van der Waals surface area contributed by atoms with Gasteiger partial charge in [0.2, 0.25) is 31.9 Å². The maximum absolute atomic E-state index is 15.2. The van der Waals surface area contributed by atoms with Gasteiger partial charge in [-0.05, 0) is 99.0 Å². The van der Waals surface area contributed by atoms with Gasteiger partial charge in [-0.15, -0.1) is 0 Å². The molecular weight excluding hydrogens is 979 g/mol. The first-order valence-corrected chi connectivity index (χ1v) is 29.5. The fourth-order valence-corrected chi connectivity index (χ4v) is 16.4. The van der Waals surface area contributed by atoms with Crippen molar-refractivity contribution in [2.45, 2.75) is 233 Å². The van der Waals surface area contributed by atoms with Gasteiger partial charge in [-0.2, -0.15) is 0 Å². The van der Waals surface area contributed by atoms with Crippen LogP contribution < -0.4 is 20.7 Å². The van der Waals surface area contributed by atoms with Gasteiger partial charge in [0.25, 0.3) is 0 Å². The average molecular weight is 1070 g/mol. The zero-order valence-electron chi connectivity index (χ0n) is 48.7. The third-order valence-electron chi connectivity index (χ3n) is 15.1. The number of likely N-dealkylation sites (N-methyl/N-ethyl adjacent to an activating group) is 1. The predicted octanol–water partition coefficient (Wildman–Crippen LogP) is 7.47. The normalized spacial score (nSPS) is 27.3. The van der Waals surface area contributed by atoms with E-state index in [2.05, 4.69) is 57.5 Å². The Morgan fingerprint density at radius 1 is 0.867 bits per heavy atom. The van der Waals surface area contributed by atoms with Crippen molar-refractivity contribution in [3.8, 4) is 5.75 Å². The van der Waals surface area contributed by atoms with E-state index in [1.807, 2.05) is 27.7 Å². The number of ether oxygens (including phenoxy) is 4. The van der Waals surface area contributed by atoms with E-state index in [-0.39, 0.29) is 60.7 Å². The number of carbonyl (C=O) groups excluding carboxylic acids is 7. The van der Waals surface area contributed by atoms with E-state index in [4.69, 9.17) is 23.4 Å². The van der Waals surface area contributed by atoms with Crippen molar-refractivity contribution in [3.05, 3.63) is 29.8 Å². The van der Waals surface area contributed by atoms with E-state index in [1.54, 1.807) is 58.9 Å². The van der Waals surface area contributed by atoms with Crippen molar-refractivity contribution in [1.82, 2.24) is 25.8 Å². The SMILES string of the molecule is CC[C@H](C)[C@H]1NC(=O)[C@@H](NC(=O)OC(C)(C)C)[C@@H](C)OC(=O)[C@H](Cc2ccc(OC)cc2)N(C)C(=O)[C@@H]2CCCN2C(=O)[C@H](CC(C)C)NC(=O)[C@@H](C)[C@H](O)[C@H](C(C)C)OC(=O)C[C@@H]1O[Si](C(C)C)(C(C)C)C(C)C. The number of cyclic esters (lactones) is 2. The lowest BCUT2D eigenvalue weighted by atomic mass is 9.90. The minimum atomic E-state index is -2.87. The summed E-state index contributed by atoms with van der Waals surface area (Å²) < 4.78 is 30.8. The molecule has 2 aliphatic heterocycles. The van der Waals surface area contributed by atoms with Crippen LogP contribution in [0.15, 0.2) is 24.3 Å². The minimum Gasteiger partial charge on any atom is -0.497 e. The molecule has 0 aromatic heterocycles. The van der Waals surface area contributed by atoms with Crippen LogP contribution >= 0.6 is 0 Å². The van der Waals surface area contributed by atoms with Crippen LogP contribution in [0.4, 0.5) is 4.79 Å². The molecule has 2 heterocycles. The second kappa shape index (κ2) is 28.0. The summed E-state index contributed by atoms with van der Waals surface area (Å²) in [6.45, 7) is 32.0. The van der Waals surface area contributed by atoms with Gasteiger partial charge in [0, 0.05) is 20.0 Å². The number of aliphatic hydroxyl groups excluding tert-OH is 1. The van der Waals surface area contributed by atoms with Gasteiger partial charge in [0.15, 0.2) is 0 Å². The lowest BCUT2D eigenvalue weighted by molar-refractivity contribution is -0.166. The Morgan fingerprint density at radius 3 is 1.96 bits per heavy atom. The van der Waals surface area contributed by atoms with Gasteiger partial charge >= 0.3 is 18.0 Å². The first kappa shape index (κ1) is 64.5. The van der Waals surface area contributed by atoms with Gasteiger partial charge in [-0.1, -0.05) is 109 Å². The molecule has 19 heteroatoms. The summed E-state index contributed by atoms with van der Waals surface area (Å²) in [5.41, 5.74) is -0.205. The number of esters is 2. The topological polar surface area (TPSA) is 228 Å². The molecule has 18 nitrogen and oxygen atoms in total. The van der Waals surface area contributed by atoms with Gasteiger partial charge < -0.3 is 54.2 Å². The number of nitrogens with zero attached hydrogens (tertiary/aromatic N) is 2. The van der Waals surface area contributed by atoms with Crippen molar-refractivity contribution >= 4 is 50.0 Å². The highest BCUT2D eigenvalue weighted by Gasteiger charge is 2.50. The third-order valence-corrected chi connectivity index (χ3v) is 21.3. The summed E-state index contributed by atoms with van der Waals surface area (Å²) in [6, 6.07) is 1.06. The van der Waals surface area contributed by atoms with E-state index in [0.717, 1.165) is 0 Å². The van der Waals surface area contributed by atoms with E-state index >= 15 is 4.79 Å². The molecule has 426 valence electrons. The zero-order chi connectivity index (χ0) is 57.0. The Bertz CT molecular complexity index is 2060. The number of benzene rings is 1. The molecule has 0 spiro atoms. The molecule has 0 radical (unpaired) electrons. The largest absolute Gasteiger partial charge is 0.497 e. The van der Waals surface area contributed by atoms with Crippen LogP contribution in [0.1, 0.15) is 155 Å². The van der Waals surface area contributed by atoms with Crippen molar-refractivity contribution in [2.75, 3.05) is 20.7 Å². The molecule has 0 aliphatic carbocycles. The Hall–Kier alpha value is -4.75. The number of rotatable bonds is 14. The van der Waals surface area contributed by atoms with Gasteiger partial charge in [0.1, 0.15) is 53.8 Å². The number of hydrogen-bond acceptors (Lipinski definition) is 13. The van der Waals surface area contributed by atoms with Crippen molar-refractivity contribution in [1.29, 1.82) is 0 Å². The smallest absolute Gasteiger partial charge is 0.408 e. The highest BCUT2D eigenvalue weighted by Crippen LogP contribution is 2.44. The molecule has 4 N–H and O–H groups in total. The third kappa shape index (κ3) is 17.1. The quantitative estimate of drug-likeness (QED) is 0.0806. The lowest BCUT2D eigenvalue weighted by Crippen LogP contribution is -2.61. The molecule has 3 rings (SSSR count). The number of carbonyl (C=O) groups is 7. The number of hydrogen-bond donors (Lipinski definition) is 4. The second-order valence-corrected chi connectivity index (χ2v) is 29.1. The summed E-state index contributed by atoms with van der Waals surface area (Å²) in [5, 5.41) is 20.7. The predicted molar refractivity (Wildman–Crippen MR) is 290 cm³/mol. The number of aliphatic hydroxyl groups is 1. The summed E-state index contributed by atoms with van der Waals surface area (Å²) in [6.07, 6.45) is -4.99. The second-order valence-electron chi connectivity index (χ2n) is 23.7. The van der Waals surface area contributed by atoms with Gasteiger partial charge in [0.05, 0.1) is 31.6 Å². The van der Waals surface area contributed by atoms with Crippen LogP contribution in [0, 0.1) is 23.7 Å². The molecule has 2 fully saturated rings. The molecule has 1 aromatic rings. The van der Waals surface area contributed by atoms with Crippen LogP contribution in [0.25, 0.3) is 0 Å². The molecule has 11 atom stereocenters. The number of fused-ring (bicyclic) bond motifs is 1. The van der Waals surface area contributed by atoms with Crippen molar-refractivity contribution in [2.24, 2.45) is 23.7 Å². The first-order valence-electron chi connectivity index (χ1n) is 27.4. The Kier molecular flexibility index (Phi) is 24.1. The maximum atomic E-state index is 15.2. The zero-order valence-corrected chi connectivity index (χ0v) is 49.7. The van der Waals surface area contributed by atoms with Crippen LogP contribution in [0.5, 0.6) is 5.75 Å².